The summed E-state index contributed by atoms with van der Waals surface area (Å²) in [5.74, 6) is -1.11. The molecule has 0 bridgehead atoms. The fraction of sp³-hybridized carbons (Fsp3) is 0.0769. The first-order valence-corrected chi connectivity index (χ1v) is 4.56. The Morgan fingerprint density at radius 2 is 2.00 bits per heavy atom. The van der Waals surface area contributed by atoms with Crippen molar-refractivity contribution in [1.82, 2.24) is 0 Å². The van der Waals surface area contributed by atoms with Gasteiger partial charge in [-0.3, -0.25) is 0 Å². The average Bonchev–Trinajstić information content (AvgIpc) is 2.17. The second-order valence-electron chi connectivity index (χ2n) is 3.09. The predicted molar refractivity (Wildman–Crippen MR) is 59.3 cm³/mol. The standard InChI is InChI=1S/C13H12F2/c1-3-4-5-6-10(2)12-8-7-11(14)9-13(12)15/h3-9H,1H2,2H3/b5-4-,10-6+. The van der Waals surface area contributed by atoms with Crippen LogP contribution in [0.4, 0.5) is 8.78 Å². The normalized spacial score (nSPS) is 12.1. The first-order valence-electron chi connectivity index (χ1n) is 4.56. The highest BCUT2D eigenvalue weighted by Crippen LogP contribution is 2.18. The summed E-state index contributed by atoms with van der Waals surface area (Å²) in [4.78, 5) is 0. The van der Waals surface area contributed by atoms with Gasteiger partial charge >= 0.3 is 0 Å². The van der Waals surface area contributed by atoms with Crippen molar-refractivity contribution in [3.05, 3.63) is 66.3 Å². The van der Waals surface area contributed by atoms with E-state index in [-0.39, 0.29) is 0 Å². The highest BCUT2D eigenvalue weighted by Gasteiger charge is 2.04. The van der Waals surface area contributed by atoms with Crippen molar-refractivity contribution in [3.8, 4) is 0 Å². The van der Waals surface area contributed by atoms with Crippen LogP contribution in [0.2, 0.25) is 0 Å². The molecule has 0 aliphatic heterocycles. The largest absolute Gasteiger partial charge is 0.207 e. The zero-order valence-electron chi connectivity index (χ0n) is 8.50. The van der Waals surface area contributed by atoms with Gasteiger partial charge in [-0.25, -0.2) is 8.78 Å². The van der Waals surface area contributed by atoms with Gasteiger partial charge in [0.15, 0.2) is 0 Å². The zero-order valence-corrected chi connectivity index (χ0v) is 8.50. The van der Waals surface area contributed by atoms with E-state index in [9.17, 15) is 8.78 Å². The summed E-state index contributed by atoms with van der Waals surface area (Å²) in [7, 11) is 0. The van der Waals surface area contributed by atoms with Crippen molar-refractivity contribution in [1.29, 1.82) is 0 Å². The van der Waals surface area contributed by atoms with Gasteiger partial charge in [-0.1, -0.05) is 30.9 Å². The van der Waals surface area contributed by atoms with Crippen molar-refractivity contribution in [2.45, 2.75) is 6.92 Å². The maximum atomic E-state index is 13.3. The van der Waals surface area contributed by atoms with Crippen LogP contribution in [0.1, 0.15) is 12.5 Å². The number of rotatable bonds is 3. The van der Waals surface area contributed by atoms with E-state index >= 15 is 0 Å². The number of halogens is 2. The van der Waals surface area contributed by atoms with Crippen molar-refractivity contribution in [3.63, 3.8) is 0 Å². The molecule has 0 aliphatic carbocycles. The van der Waals surface area contributed by atoms with Gasteiger partial charge in [-0.05, 0) is 24.6 Å². The molecule has 1 rings (SSSR count). The van der Waals surface area contributed by atoms with E-state index in [4.69, 9.17) is 0 Å². The third-order valence-electron chi connectivity index (χ3n) is 1.95. The summed E-state index contributed by atoms with van der Waals surface area (Å²) < 4.78 is 25.9. The minimum atomic E-state index is -0.564. The molecule has 0 heterocycles. The molecule has 2 heteroatoms. The van der Waals surface area contributed by atoms with Crippen molar-refractivity contribution in [2.24, 2.45) is 0 Å². The molecule has 78 valence electrons. The minimum absolute atomic E-state index is 0.408. The van der Waals surface area contributed by atoms with E-state index < -0.39 is 11.6 Å². The van der Waals surface area contributed by atoms with Crippen LogP contribution in [0.15, 0.2) is 49.1 Å². The van der Waals surface area contributed by atoms with E-state index in [0.717, 1.165) is 11.6 Å². The van der Waals surface area contributed by atoms with Crippen LogP contribution in [0.25, 0.3) is 5.57 Å². The van der Waals surface area contributed by atoms with E-state index in [1.807, 2.05) is 0 Å². The van der Waals surface area contributed by atoms with Gasteiger partial charge in [0, 0.05) is 11.6 Å². The Kier molecular flexibility index (Phi) is 3.98. The molecule has 0 aliphatic rings. The van der Waals surface area contributed by atoms with Crippen LogP contribution in [-0.4, -0.2) is 0 Å². The fourth-order valence-electron chi connectivity index (χ4n) is 1.18. The Morgan fingerprint density at radius 1 is 1.27 bits per heavy atom. The molecule has 0 atom stereocenters. The molecule has 0 fully saturated rings. The van der Waals surface area contributed by atoms with Gasteiger partial charge in [0.05, 0.1) is 0 Å². The number of hydrogen-bond donors (Lipinski definition) is 0. The van der Waals surface area contributed by atoms with Gasteiger partial charge in [0.2, 0.25) is 0 Å². The highest BCUT2D eigenvalue weighted by atomic mass is 19.1. The number of benzene rings is 1. The van der Waals surface area contributed by atoms with Crippen LogP contribution in [0.3, 0.4) is 0 Å². The first kappa shape index (κ1) is 11.4. The van der Waals surface area contributed by atoms with Gasteiger partial charge in [-0.2, -0.15) is 0 Å². The molecule has 0 nitrogen and oxygen atoms in total. The number of allylic oxidation sites excluding steroid dienone is 5. The summed E-state index contributed by atoms with van der Waals surface area (Å²) in [5, 5.41) is 0. The number of hydrogen-bond acceptors (Lipinski definition) is 0. The predicted octanol–water partition coefficient (Wildman–Crippen LogP) is 4.11. The molecule has 1 aromatic carbocycles. The Balaban J connectivity index is 3.00. The van der Waals surface area contributed by atoms with Gasteiger partial charge in [-0.15, -0.1) is 0 Å². The molecule has 0 unspecified atom stereocenters. The average molecular weight is 206 g/mol. The molecular weight excluding hydrogens is 194 g/mol. The summed E-state index contributed by atoms with van der Waals surface area (Å²) in [5.41, 5.74) is 1.15. The van der Waals surface area contributed by atoms with Crippen LogP contribution < -0.4 is 0 Å². The quantitative estimate of drug-likeness (QED) is 0.653. The molecule has 0 amide bonds. The topological polar surface area (TPSA) is 0 Å². The SMILES string of the molecule is C=C/C=C\C=C(/C)c1ccc(F)cc1F. The Bertz CT molecular complexity index is 415. The molecule has 0 N–H and O–H groups in total. The molecule has 0 aromatic heterocycles. The smallest absolute Gasteiger partial charge is 0.133 e. The Morgan fingerprint density at radius 3 is 2.60 bits per heavy atom. The van der Waals surface area contributed by atoms with Crippen molar-refractivity contribution < 1.29 is 8.78 Å². The Hall–Kier alpha value is -1.70. The first-order chi connectivity index (χ1) is 7.15. The second kappa shape index (κ2) is 5.25. The minimum Gasteiger partial charge on any atom is -0.207 e. The van der Waals surface area contributed by atoms with Gasteiger partial charge in [0.1, 0.15) is 11.6 Å². The molecule has 15 heavy (non-hydrogen) atoms. The van der Waals surface area contributed by atoms with E-state index in [1.165, 1.54) is 12.1 Å². The third kappa shape index (κ3) is 3.17. The molecule has 0 radical (unpaired) electrons. The summed E-state index contributed by atoms with van der Waals surface area (Å²) in [6, 6.07) is 3.55. The lowest BCUT2D eigenvalue weighted by molar-refractivity contribution is 0.581. The summed E-state index contributed by atoms with van der Waals surface area (Å²) in [6.45, 7) is 5.29. The maximum Gasteiger partial charge on any atom is 0.133 e. The van der Waals surface area contributed by atoms with Crippen LogP contribution >= 0.6 is 0 Å². The fourth-order valence-corrected chi connectivity index (χ4v) is 1.18. The summed E-state index contributed by atoms with van der Waals surface area (Å²) in [6.07, 6.45) is 6.87. The lowest BCUT2D eigenvalue weighted by atomic mass is 10.1. The van der Waals surface area contributed by atoms with E-state index in [0.29, 0.717) is 5.56 Å². The molecular formula is C13H12F2. The maximum absolute atomic E-state index is 13.3. The van der Waals surface area contributed by atoms with Gasteiger partial charge in [0.25, 0.3) is 0 Å². The van der Waals surface area contributed by atoms with Crippen molar-refractivity contribution in [2.75, 3.05) is 0 Å². The van der Waals surface area contributed by atoms with Crippen molar-refractivity contribution >= 4 is 5.57 Å². The molecule has 0 spiro atoms. The zero-order chi connectivity index (χ0) is 11.3. The summed E-state index contributed by atoms with van der Waals surface area (Å²) >= 11 is 0. The van der Waals surface area contributed by atoms with Gasteiger partial charge < -0.3 is 0 Å². The monoisotopic (exact) mass is 206 g/mol. The van der Waals surface area contributed by atoms with E-state index in [1.54, 1.807) is 31.2 Å². The Labute approximate surface area is 88.2 Å². The lowest BCUT2D eigenvalue weighted by Crippen LogP contribution is -1.87. The van der Waals surface area contributed by atoms with E-state index in [2.05, 4.69) is 6.58 Å². The molecule has 0 saturated heterocycles. The molecule has 1 aromatic rings. The lowest BCUT2D eigenvalue weighted by Gasteiger charge is -2.02. The van der Waals surface area contributed by atoms with Crippen LogP contribution in [0, 0.1) is 11.6 Å². The molecule has 0 saturated carbocycles. The van der Waals surface area contributed by atoms with Crippen LogP contribution in [0.5, 0.6) is 0 Å². The third-order valence-corrected chi connectivity index (χ3v) is 1.95. The highest BCUT2D eigenvalue weighted by molar-refractivity contribution is 5.65. The second-order valence-corrected chi connectivity index (χ2v) is 3.09. The van der Waals surface area contributed by atoms with Crippen LogP contribution in [-0.2, 0) is 0 Å².